The molecule has 1 aliphatic rings. The molecular weight excluding hydrogens is 419 g/mol. The van der Waals surface area contributed by atoms with Gasteiger partial charge < -0.3 is 5.32 Å². The van der Waals surface area contributed by atoms with Crippen LogP contribution in [0.25, 0.3) is 5.69 Å². The fourth-order valence-electron chi connectivity index (χ4n) is 3.73. The first-order chi connectivity index (χ1) is 14.9. The van der Waals surface area contributed by atoms with E-state index in [-0.39, 0.29) is 21.8 Å². The summed E-state index contributed by atoms with van der Waals surface area (Å²) in [4.78, 5) is 13.0. The Morgan fingerprint density at radius 3 is 2.45 bits per heavy atom. The van der Waals surface area contributed by atoms with Crippen molar-refractivity contribution in [3.63, 3.8) is 0 Å². The summed E-state index contributed by atoms with van der Waals surface area (Å²) in [5, 5.41) is 6.84. The lowest BCUT2D eigenvalue weighted by atomic mass is 10.2. The van der Waals surface area contributed by atoms with Crippen LogP contribution in [0.4, 0.5) is 10.1 Å². The molecule has 1 amide bonds. The number of hydrogen-bond donors (Lipinski definition) is 1. The van der Waals surface area contributed by atoms with Gasteiger partial charge in [-0.15, -0.1) is 0 Å². The lowest BCUT2D eigenvalue weighted by Gasteiger charge is -2.26. The molecule has 4 rings (SSSR count). The number of sulfonamides is 1. The molecule has 1 saturated heterocycles. The molecule has 3 aromatic rings. The van der Waals surface area contributed by atoms with Gasteiger partial charge in [0.15, 0.2) is 0 Å². The molecular formula is C22H23FN4O3S. The van der Waals surface area contributed by atoms with Crippen molar-refractivity contribution >= 4 is 21.6 Å². The smallest absolute Gasteiger partial charge is 0.259 e. The number of piperidine rings is 1. The number of nitrogens with zero attached hydrogens (tertiary/aromatic N) is 3. The molecule has 0 saturated carbocycles. The van der Waals surface area contributed by atoms with Gasteiger partial charge >= 0.3 is 0 Å². The van der Waals surface area contributed by atoms with E-state index in [1.807, 2.05) is 0 Å². The number of hydrogen-bond acceptors (Lipinski definition) is 4. The van der Waals surface area contributed by atoms with Crippen LogP contribution in [0.5, 0.6) is 0 Å². The van der Waals surface area contributed by atoms with Crippen molar-refractivity contribution in [2.24, 2.45) is 0 Å². The summed E-state index contributed by atoms with van der Waals surface area (Å²) in [6, 6.07) is 12.5. The van der Waals surface area contributed by atoms with E-state index in [1.165, 1.54) is 27.3 Å². The van der Waals surface area contributed by atoms with Crippen molar-refractivity contribution in [3.8, 4) is 5.69 Å². The maximum atomic E-state index is 14.1. The average molecular weight is 443 g/mol. The third-order valence-corrected chi connectivity index (χ3v) is 7.36. The van der Waals surface area contributed by atoms with E-state index in [2.05, 4.69) is 10.4 Å². The summed E-state index contributed by atoms with van der Waals surface area (Å²) in [7, 11) is -3.73. The Morgan fingerprint density at radius 2 is 1.71 bits per heavy atom. The molecule has 0 bridgehead atoms. The van der Waals surface area contributed by atoms with Crippen LogP contribution in [0.15, 0.2) is 59.6 Å². The van der Waals surface area contributed by atoms with Crippen LogP contribution in [0, 0.1) is 12.7 Å². The fraction of sp³-hybridized carbons (Fsp3) is 0.273. The summed E-state index contributed by atoms with van der Waals surface area (Å²) >= 11 is 0. The topological polar surface area (TPSA) is 84.3 Å². The van der Waals surface area contributed by atoms with Crippen LogP contribution < -0.4 is 5.32 Å². The number of amides is 1. The van der Waals surface area contributed by atoms with Crippen LogP contribution in [-0.2, 0) is 10.0 Å². The second-order valence-electron chi connectivity index (χ2n) is 7.42. The molecule has 1 N–H and O–H groups in total. The summed E-state index contributed by atoms with van der Waals surface area (Å²) in [6.45, 7) is 2.60. The molecule has 2 heterocycles. The standard InChI is InChI=1S/C22H23FN4O3S/c1-16-17(15-24-27(16)20-11-5-3-9-18(20)23)22(28)25-19-10-4-6-12-21(19)31(29,30)26-13-7-2-8-14-26/h3-6,9-12,15H,2,7-8,13-14H2,1H3,(H,25,28). The second kappa shape index (κ2) is 8.60. The highest BCUT2D eigenvalue weighted by Crippen LogP contribution is 2.27. The SMILES string of the molecule is Cc1c(C(=O)Nc2ccccc2S(=O)(=O)N2CCCCC2)cnn1-c1ccccc1F. The van der Waals surface area contributed by atoms with Crippen LogP contribution in [0.1, 0.15) is 35.3 Å². The molecule has 1 aliphatic heterocycles. The van der Waals surface area contributed by atoms with Crippen LogP contribution in [-0.4, -0.2) is 41.5 Å². The number of halogens is 1. The van der Waals surface area contributed by atoms with Gasteiger partial charge in [-0.3, -0.25) is 4.79 Å². The molecule has 162 valence electrons. The van der Waals surface area contributed by atoms with Gasteiger partial charge in [-0.1, -0.05) is 30.7 Å². The van der Waals surface area contributed by atoms with Crippen molar-refractivity contribution in [1.29, 1.82) is 0 Å². The normalized spacial score (nSPS) is 15.0. The minimum Gasteiger partial charge on any atom is -0.321 e. The first-order valence-electron chi connectivity index (χ1n) is 10.1. The number of carbonyl (C=O) groups excluding carboxylic acids is 1. The molecule has 0 atom stereocenters. The highest BCUT2D eigenvalue weighted by atomic mass is 32.2. The molecule has 1 fully saturated rings. The van der Waals surface area contributed by atoms with E-state index in [1.54, 1.807) is 43.3 Å². The molecule has 7 nitrogen and oxygen atoms in total. The number of carbonyl (C=O) groups is 1. The minimum atomic E-state index is -3.73. The molecule has 1 aromatic heterocycles. The number of benzene rings is 2. The molecule has 0 unspecified atom stereocenters. The molecule has 0 aliphatic carbocycles. The zero-order valence-corrected chi connectivity index (χ0v) is 17.9. The van der Waals surface area contributed by atoms with Crippen LogP contribution in [0.3, 0.4) is 0 Å². The van der Waals surface area contributed by atoms with Gasteiger partial charge in [0.1, 0.15) is 16.4 Å². The van der Waals surface area contributed by atoms with Crippen molar-refractivity contribution in [2.75, 3.05) is 18.4 Å². The number of para-hydroxylation sites is 2. The fourth-order valence-corrected chi connectivity index (χ4v) is 5.39. The predicted octanol–water partition coefficient (Wildman–Crippen LogP) is 3.75. The van der Waals surface area contributed by atoms with Gasteiger partial charge in [0.2, 0.25) is 10.0 Å². The Kier molecular flexibility index (Phi) is 5.88. The highest BCUT2D eigenvalue weighted by molar-refractivity contribution is 7.89. The van der Waals surface area contributed by atoms with Gasteiger partial charge in [0.25, 0.3) is 5.91 Å². The Hall–Kier alpha value is -3.04. The number of aromatic nitrogens is 2. The third kappa shape index (κ3) is 4.11. The van der Waals surface area contributed by atoms with Crippen molar-refractivity contribution in [3.05, 3.63) is 71.8 Å². The van der Waals surface area contributed by atoms with Gasteiger partial charge in [-0.25, -0.2) is 17.5 Å². The van der Waals surface area contributed by atoms with E-state index in [0.29, 0.717) is 18.8 Å². The van der Waals surface area contributed by atoms with Gasteiger partial charge in [-0.2, -0.15) is 9.40 Å². The average Bonchev–Trinajstić information content (AvgIpc) is 3.16. The van der Waals surface area contributed by atoms with E-state index in [9.17, 15) is 17.6 Å². The summed E-state index contributed by atoms with van der Waals surface area (Å²) in [5.74, 6) is -0.972. The predicted molar refractivity (Wildman–Crippen MR) is 115 cm³/mol. The Bertz CT molecular complexity index is 1220. The Balaban J connectivity index is 1.63. The van der Waals surface area contributed by atoms with Gasteiger partial charge in [-0.05, 0) is 44.0 Å². The number of anilines is 1. The van der Waals surface area contributed by atoms with Crippen molar-refractivity contribution in [2.45, 2.75) is 31.1 Å². The summed E-state index contributed by atoms with van der Waals surface area (Å²) in [6.07, 6.45) is 4.00. The van der Waals surface area contributed by atoms with Crippen LogP contribution >= 0.6 is 0 Å². The minimum absolute atomic E-state index is 0.0596. The monoisotopic (exact) mass is 442 g/mol. The van der Waals surface area contributed by atoms with E-state index in [4.69, 9.17) is 0 Å². The highest BCUT2D eigenvalue weighted by Gasteiger charge is 2.29. The Labute approximate surface area is 180 Å². The van der Waals surface area contributed by atoms with Crippen LogP contribution in [0.2, 0.25) is 0 Å². The van der Waals surface area contributed by atoms with E-state index >= 15 is 0 Å². The summed E-state index contributed by atoms with van der Waals surface area (Å²) < 4.78 is 43.2. The maximum absolute atomic E-state index is 14.1. The van der Waals surface area contributed by atoms with Gasteiger partial charge in [0, 0.05) is 13.1 Å². The maximum Gasteiger partial charge on any atom is 0.259 e. The first-order valence-corrected chi connectivity index (χ1v) is 11.5. The zero-order chi connectivity index (χ0) is 22.0. The molecule has 0 radical (unpaired) electrons. The number of nitrogens with one attached hydrogen (secondary N) is 1. The second-order valence-corrected chi connectivity index (χ2v) is 9.33. The molecule has 0 spiro atoms. The molecule has 9 heteroatoms. The van der Waals surface area contributed by atoms with Crippen molar-refractivity contribution in [1.82, 2.24) is 14.1 Å². The van der Waals surface area contributed by atoms with Gasteiger partial charge in [0.05, 0.1) is 23.1 Å². The lowest BCUT2D eigenvalue weighted by Crippen LogP contribution is -2.36. The first kappa shape index (κ1) is 21.2. The largest absolute Gasteiger partial charge is 0.321 e. The quantitative estimate of drug-likeness (QED) is 0.652. The summed E-state index contributed by atoms with van der Waals surface area (Å²) in [5.41, 5.74) is 1.11. The molecule has 31 heavy (non-hydrogen) atoms. The lowest BCUT2D eigenvalue weighted by molar-refractivity contribution is 0.102. The van der Waals surface area contributed by atoms with E-state index in [0.717, 1.165) is 19.3 Å². The Morgan fingerprint density at radius 1 is 1.03 bits per heavy atom. The number of rotatable bonds is 5. The molecule has 2 aromatic carbocycles. The van der Waals surface area contributed by atoms with E-state index < -0.39 is 21.7 Å². The van der Waals surface area contributed by atoms with Crippen molar-refractivity contribution < 1.29 is 17.6 Å². The third-order valence-electron chi connectivity index (χ3n) is 5.40. The zero-order valence-electron chi connectivity index (χ0n) is 17.1.